The van der Waals surface area contributed by atoms with Crippen LogP contribution in [0, 0.1) is 13.8 Å². The highest BCUT2D eigenvalue weighted by molar-refractivity contribution is 5.77. The zero-order valence-corrected chi connectivity index (χ0v) is 12.0. The second-order valence-electron chi connectivity index (χ2n) is 4.51. The van der Waals surface area contributed by atoms with Crippen molar-refractivity contribution in [3.63, 3.8) is 0 Å². The largest absolute Gasteiger partial charge is 0.479 e. The zero-order valence-electron chi connectivity index (χ0n) is 12.0. The first kappa shape index (κ1) is 16.0. The molecule has 0 saturated heterocycles. The molecule has 7 nitrogen and oxygen atoms in total. The van der Waals surface area contributed by atoms with Gasteiger partial charge in [-0.25, -0.2) is 9.59 Å². The number of urea groups is 1. The first-order chi connectivity index (χ1) is 9.35. The molecule has 2 amide bonds. The van der Waals surface area contributed by atoms with Crippen LogP contribution in [0.15, 0.2) is 10.5 Å². The Bertz CT molecular complexity index is 483. The Hall–Kier alpha value is -2.02. The van der Waals surface area contributed by atoms with E-state index in [4.69, 9.17) is 14.3 Å². The summed E-state index contributed by atoms with van der Waals surface area (Å²) >= 11 is 0. The molecule has 0 aromatic carbocycles. The number of rotatable bonds is 6. The molecule has 1 rings (SSSR count). The van der Waals surface area contributed by atoms with E-state index in [0.717, 1.165) is 17.1 Å². The number of aliphatic carboxylic acids is 1. The van der Waals surface area contributed by atoms with E-state index in [9.17, 15) is 9.59 Å². The van der Waals surface area contributed by atoms with Crippen molar-refractivity contribution in [2.45, 2.75) is 32.9 Å². The van der Waals surface area contributed by atoms with E-state index >= 15 is 0 Å². The third-order valence-corrected chi connectivity index (χ3v) is 2.90. The minimum atomic E-state index is -1.12. The Labute approximate surface area is 117 Å². The lowest BCUT2D eigenvalue weighted by Gasteiger charge is -2.16. The predicted octanol–water partition coefficient (Wildman–Crippen LogP) is 1.36. The monoisotopic (exact) mass is 284 g/mol. The maximum atomic E-state index is 11.7. The molecule has 2 unspecified atom stereocenters. The quantitative estimate of drug-likeness (QED) is 0.732. The summed E-state index contributed by atoms with van der Waals surface area (Å²) in [4.78, 5) is 22.4. The Morgan fingerprint density at radius 1 is 1.45 bits per heavy atom. The number of carboxylic acids is 1. The highest BCUT2D eigenvalue weighted by Gasteiger charge is 2.19. The van der Waals surface area contributed by atoms with Gasteiger partial charge in [-0.2, -0.15) is 0 Å². The summed E-state index contributed by atoms with van der Waals surface area (Å²) in [7, 11) is 1.28. The summed E-state index contributed by atoms with van der Waals surface area (Å²) in [5.74, 6) is 0.398. The van der Waals surface area contributed by atoms with Gasteiger partial charge in [0.1, 0.15) is 11.5 Å². The molecule has 0 saturated carbocycles. The molecule has 112 valence electrons. The lowest BCUT2D eigenvalue weighted by Crippen LogP contribution is -2.43. The van der Waals surface area contributed by atoms with Gasteiger partial charge in [0.05, 0.1) is 12.6 Å². The van der Waals surface area contributed by atoms with Crippen LogP contribution < -0.4 is 10.6 Å². The van der Waals surface area contributed by atoms with Gasteiger partial charge < -0.3 is 24.9 Å². The van der Waals surface area contributed by atoms with Crippen molar-refractivity contribution in [2.75, 3.05) is 13.7 Å². The number of methoxy groups -OCH3 is 1. The van der Waals surface area contributed by atoms with Gasteiger partial charge in [0, 0.05) is 12.7 Å². The lowest BCUT2D eigenvalue weighted by atomic mass is 10.1. The molecule has 1 heterocycles. The maximum Gasteiger partial charge on any atom is 0.334 e. The lowest BCUT2D eigenvalue weighted by molar-refractivity contribution is -0.147. The van der Waals surface area contributed by atoms with Crippen LogP contribution in [-0.4, -0.2) is 36.9 Å². The molecule has 0 aliphatic heterocycles. The summed E-state index contributed by atoms with van der Waals surface area (Å²) < 4.78 is 10.1. The topological polar surface area (TPSA) is 101 Å². The fraction of sp³-hybridized carbons (Fsp3) is 0.538. The average Bonchev–Trinajstić information content (AvgIpc) is 2.68. The second-order valence-corrected chi connectivity index (χ2v) is 4.51. The smallest absolute Gasteiger partial charge is 0.334 e. The number of amides is 2. The summed E-state index contributed by atoms with van der Waals surface area (Å²) in [6.45, 7) is 5.37. The third kappa shape index (κ3) is 4.27. The SMILES string of the molecule is COC(CNC(=O)NC(C)c1cc(C)oc1C)C(=O)O. The molecule has 7 heteroatoms. The van der Waals surface area contributed by atoms with Crippen LogP contribution >= 0.6 is 0 Å². The van der Waals surface area contributed by atoms with E-state index in [0.29, 0.717) is 0 Å². The molecular formula is C13H20N2O5. The molecule has 1 aromatic heterocycles. The number of carboxylic acid groups (broad SMARTS) is 1. The molecular weight excluding hydrogens is 264 g/mol. The van der Waals surface area contributed by atoms with E-state index in [2.05, 4.69) is 10.6 Å². The molecule has 0 spiro atoms. The predicted molar refractivity (Wildman–Crippen MR) is 71.6 cm³/mol. The fourth-order valence-corrected chi connectivity index (χ4v) is 1.86. The zero-order chi connectivity index (χ0) is 15.3. The van der Waals surface area contributed by atoms with Crippen molar-refractivity contribution < 1.29 is 23.8 Å². The Morgan fingerprint density at radius 3 is 2.55 bits per heavy atom. The molecule has 2 atom stereocenters. The standard InChI is InChI=1S/C13H20N2O5/c1-7-5-10(9(3)20-7)8(2)15-13(18)14-6-11(19-4)12(16)17/h5,8,11H,6H2,1-4H3,(H,16,17)(H2,14,15,18). The molecule has 0 radical (unpaired) electrons. The number of ether oxygens (including phenoxy) is 1. The van der Waals surface area contributed by atoms with Crippen LogP contribution in [0.4, 0.5) is 4.79 Å². The van der Waals surface area contributed by atoms with Crippen molar-refractivity contribution in [1.29, 1.82) is 0 Å². The third-order valence-electron chi connectivity index (χ3n) is 2.90. The van der Waals surface area contributed by atoms with Crippen molar-refractivity contribution in [3.8, 4) is 0 Å². The van der Waals surface area contributed by atoms with E-state index in [1.165, 1.54) is 7.11 Å². The number of furan rings is 1. The van der Waals surface area contributed by atoms with Gasteiger partial charge in [-0.1, -0.05) is 0 Å². The van der Waals surface area contributed by atoms with Gasteiger partial charge in [-0.3, -0.25) is 0 Å². The average molecular weight is 284 g/mol. The van der Waals surface area contributed by atoms with Gasteiger partial charge >= 0.3 is 12.0 Å². The van der Waals surface area contributed by atoms with Crippen molar-refractivity contribution in [2.24, 2.45) is 0 Å². The van der Waals surface area contributed by atoms with Gasteiger partial charge in [0.2, 0.25) is 0 Å². The van der Waals surface area contributed by atoms with Crippen molar-refractivity contribution >= 4 is 12.0 Å². The molecule has 0 aliphatic rings. The Morgan fingerprint density at radius 2 is 2.10 bits per heavy atom. The first-order valence-electron chi connectivity index (χ1n) is 6.22. The van der Waals surface area contributed by atoms with E-state index in [1.807, 2.05) is 26.8 Å². The van der Waals surface area contributed by atoms with E-state index in [-0.39, 0.29) is 12.6 Å². The number of aryl methyl sites for hydroxylation is 2. The highest BCUT2D eigenvalue weighted by Crippen LogP contribution is 2.20. The van der Waals surface area contributed by atoms with E-state index in [1.54, 1.807) is 0 Å². The summed E-state index contributed by atoms with van der Waals surface area (Å²) in [5.41, 5.74) is 0.888. The van der Waals surface area contributed by atoms with Crippen LogP contribution in [0.1, 0.15) is 30.0 Å². The fourth-order valence-electron chi connectivity index (χ4n) is 1.86. The second kappa shape index (κ2) is 6.95. The van der Waals surface area contributed by atoms with Crippen LogP contribution in [0.5, 0.6) is 0 Å². The number of nitrogens with one attached hydrogen (secondary N) is 2. The summed E-state index contributed by atoms with van der Waals surface area (Å²) in [6.07, 6.45) is -1.06. The van der Waals surface area contributed by atoms with Gasteiger partial charge in [-0.15, -0.1) is 0 Å². The normalized spacial score (nSPS) is 13.6. The van der Waals surface area contributed by atoms with Crippen LogP contribution in [0.2, 0.25) is 0 Å². The molecule has 0 bridgehead atoms. The molecule has 0 fully saturated rings. The Balaban J connectivity index is 2.50. The number of hydrogen-bond donors (Lipinski definition) is 3. The Kier molecular flexibility index (Phi) is 5.57. The maximum absolute atomic E-state index is 11.7. The number of carbonyl (C=O) groups excluding carboxylic acids is 1. The number of carbonyl (C=O) groups is 2. The summed E-state index contributed by atoms with van der Waals surface area (Å²) in [5, 5.41) is 13.9. The molecule has 1 aromatic rings. The van der Waals surface area contributed by atoms with Gasteiger partial charge in [0.15, 0.2) is 6.10 Å². The minimum Gasteiger partial charge on any atom is -0.479 e. The molecule has 3 N–H and O–H groups in total. The van der Waals surface area contributed by atoms with Crippen molar-refractivity contribution in [1.82, 2.24) is 10.6 Å². The first-order valence-corrected chi connectivity index (χ1v) is 6.22. The van der Waals surface area contributed by atoms with E-state index < -0.39 is 18.1 Å². The van der Waals surface area contributed by atoms with Crippen LogP contribution in [0.3, 0.4) is 0 Å². The van der Waals surface area contributed by atoms with Crippen LogP contribution in [-0.2, 0) is 9.53 Å². The minimum absolute atomic E-state index is 0.103. The summed E-state index contributed by atoms with van der Waals surface area (Å²) in [6, 6.07) is 1.16. The molecule has 0 aliphatic carbocycles. The highest BCUT2D eigenvalue weighted by atomic mass is 16.5. The van der Waals surface area contributed by atoms with Crippen molar-refractivity contribution in [3.05, 3.63) is 23.2 Å². The van der Waals surface area contributed by atoms with Gasteiger partial charge in [0.25, 0.3) is 0 Å². The van der Waals surface area contributed by atoms with Crippen LogP contribution in [0.25, 0.3) is 0 Å². The molecule has 20 heavy (non-hydrogen) atoms. The van der Waals surface area contributed by atoms with Gasteiger partial charge in [-0.05, 0) is 26.8 Å². The number of hydrogen-bond acceptors (Lipinski definition) is 4.